The summed E-state index contributed by atoms with van der Waals surface area (Å²) >= 11 is 5.75. The van der Waals surface area contributed by atoms with E-state index in [0.717, 1.165) is 5.52 Å². The molecule has 5 nitrogen and oxygen atoms in total. The Kier molecular flexibility index (Phi) is 3.11. The Labute approximate surface area is 120 Å². The molecule has 0 aliphatic carbocycles. The van der Waals surface area contributed by atoms with E-state index in [-0.39, 0.29) is 10.7 Å². The van der Waals surface area contributed by atoms with E-state index in [1.165, 1.54) is 24.3 Å². The molecule has 0 aliphatic heterocycles. The summed E-state index contributed by atoms with van der Waals surface area (Å²) in [5.74, 6) is 0.274. The predicted molar refractivity (Wildman–Crippen MR) is 78.4 cm³/mol. The molecule has 0 unspecified atom stereocenters. The summed E-state index contributed by atoms with van der Waals surface area (Å²) in [4.78, 5) is 0.133. The highest BCUT2D eigenvalue weighted by molar-refractivity contribution is 7.92. The van der Waals surface area contributed by atoms with Gasteiger partial charge >= 0.3 is 0 Å². The molecule has 3 rings (SSSR count). The fraction of sp³-hybridized carbons (Fsp3) is 0. The minimum Gasteiger partial charge on any atom is -0.276 e. The van der Waals surface area contributed by atoms with E-state index in [2.05, 4.69) is 14.9 Å². The molecule has 1 heterocycles. The van der Waals surface area contributed by atoms with Crippen molar-refractivity contribution in [2.24, 2.45) is 0 Å². The lowest BCUT2D eigenvalue weighted by Crippen LogP contribution is -2.13. The summed E-state index contributed by atoms with van der Waals surface area (Å²) in [5.41, 5.74) is 0.765. The van der Waals surface area contributed by atoms with Gasteiger partial charge in [-0.3, -0.25) is 9.82 Å². The van der Waals surface area contributed by atoms with Crippen molar-refractivity contribution in [3.63, 3.8) is 0 Å². The largest absolute Gasteiger partial charge is 0.276 e. The number of hydrogen-bond donors (Lipinski definition) is 2. The molecule has 0 aliphatic rings. The number of para-hydroxylation sites is 1. The van der Waals surface area contributed by atoms with Crippen LogP contribution in [-0.2, 0) is 10.0 Å². The molecule has 0 spiro atoms. The first kappa shape index (κ1) is 13.0. The van der Waals surface area contributed by atoms with Crippen LogP contribution in [0.1, 0.15) is 0 Å². The number of benzene rings is 2. The number of rotatable bonds is 3. The highest BCUT2D eigenvalue weighted by Gasteiger charge is 2.17. The van der Waals surface area contributed by atoms with Crippen molar-refractivity contribution in [1.29, 1.82) is 0 Å². The minimum atomic E-state index is -3.68. The van der Waals surface area contributed by atoms with Crippen molar-refractivity contribution < 1.29 is 8.42 Å². The molecule has 1 aromatic heterocycles. The van der Waals surface area contributed by atoms with Gasteiger partial charge < -0.3 is 0 Å². The maximum Gasteiger partial charge on any atom is 0.263 e. The smallest absolute Gasteiger partial charge is 0.263 e. The number of H-pyrrole nitrogens is 1. The summed E-state index contributed by atoms with van der Waals surface area (Å²) in [6, 6.07) is 13.2. The maximum atomic E-state index is 12.2. The van der Waals surface area contributed by atoms with Crippen LogP contribution in [0.15, 0.2) is 53.4 Å². The third-order valence-corrected chi connectivity index (χ3v) is 4.43. The summed E-state index contributed by atoms with van der Waals surface area (Å²) in [6.45, 7) is 0. The van der Waals surface area contributed by atoms with Crippen molar-refractivity contribution in [3.05, 3.63) is 53.6 Å². The third-order valence-electron chi connectivity index (χ3n) is 2.83. The Hall–Kier alpha value is -2.05. The second-order valence-corrected chi connectivity index (χ2v) is 6.30. The van der Waals surface area contributed by atoms with Crippen LogP contribution in [0.2, 0.25) is 5.02 Å². The van der Waals surface area contributed by atoms with Crippen molar-refractivity contribution in [2.45, 2.75) is 4.90 Å². The van der Waals surface area contributed by atoms with Crippen molar-refractivity contribution >= 4 is 38.3 Å². The number of halogens is 1. The van der Waals surface area contributed by atoms with Crippen LogP contribution in [0.5, 0.6) is 0 Å². The van der Waals surface area contributed by atoms with E-state index in [0.29, 0.717) is 10.4 Å². The summed E-state index contributed by atoms with van der Waals surface area (Å²) in [7, 11) is -3.68. The first-order chi connectivity index (χ1) is 9.56. The molecule has 0 saturated heterocycles. The third kappa shape index (κ3) is 2.35. The van der Waals surface area contributed by atoms with Gasteiger partial charge in [0, 0.05) is 10.4 Å². The monoisotopic (exact) mass is 307 g/mol. The Morgan fingerprint density at radius 3 is 2.50 bits per heavy atom. The van der Waals surface area contributed by atoms with Gasteiger partial charge in [-0.15, -0.1) is 0 Å². The van der Waals surface area contributed by atoms with Crippen molar-refractivity contribution in [1.82, 2.24) is 10.2 Å². The highest BCUT2D eigenvalue weighted by atomic mass is 35.5. The molecule has 102 valence electrons. The number of hydrogen-bond acceptors (Lipinski definition) is 3. The first-order valence-electron chi connectivity index (χ1n) is 5.78. The fourth-order valence-corrected chi connectivity index (χ4v) is 2.99. The average molecular weight is 308 g/mol. The van der Waals surface area contributed by atoms with E-state index < -0.39 is 10.0 Å². The number of sulfonamides is 1. The summed E-state index contributed by atoms with van der Waals surface area (Å²) < 4.78 is 27.0. The highest BCUT2D eigenvalue weighted by Crippen LogP contribution is 2.23. The minimum absolute atomic E-state index is 0.133. The molecule has 3 aromatic rings. The van der Waals surface area contributed by atoms with Crippen LogP contribution in [0.4, 0.5) is 5.82 Å². The van der Waals surface area contributed by atoms with Gasteiger partial charge in [0.2, 0.25) is 0 Å². The predicted octanol–water partition coefficient (Wildman–Crippen LogP) is 3.02. The van der Waals surface area contributed by atoms with Crippen LogP contribution >= 0.6 is 11.6 Å². The number of anilines is 1. The van der Waals surface area contributed by atoms with Gasteiger partial charge in [-0.2, -0.15) is 5.10 Å². The van der Waals surface area contributed by atoms with Gasteiger partial charge in [0.15, 0.2) is 5.82 Å². The molecular weight excluding hydrogens is 298 g/mol. The van der Waals surface area contributed by atoms with Gasteiger partial charge in [-0.25, -0.2) is 8.42 Å². The van der Waals surface area contributed by atoms with Crippen LogP contribution in [0, 0.1) is 0 Å². The van der Waals surface area contributed by atoms with Gasteiger partial charge in [0.05, 0.1) is 10.4 Å². The Morgan fingerprint density at radius 2 is 1.75 bits per heavy atom. The molecule has 0 atom stereocenters. The number of nitrogens with zero attached hydrogens (tertiary/aromatic N) is 1. The summed E-state index contributed by atoms with van der Waals surface area (Å²) in [5, 5.41) is 7.95. The average Bonchev–Trinajstić information content (AvgIpc) is 2.82. The van der Waals surface area contributed by atoms with Crippen LogP contribution in [-0.4, -0.2) is 18.6 Å². The maximum absolute atomic E-state index is 12.2. The molecule has 2 N–H and O–H groups in total. The second kappa shape index (κ2) is 4.81. The zero-order chi connectivity index (χ0) is 14.2. The normalized spacial score (nSPS) is 11.7. The number of nitrogens with one attached hydrogen (secondary N) is 2. The van der Waals surface area contributed by atoms with Gasteiger partial charge in [0.25, 0.3) is 10.0 Å². The lowest BCUT2D eigenvalue weighted by Gasteiger charge is -2.05. The molecule has 0 fully saturated rings. The van der Waals surface area contributed by atoms with E-state index in [9.17, 15) is 8.42 Å². The van der Waals surface area contributed by atoms with Gasteiger partial charge in [-0.1, -0.05) is 23.7 Å². The summed E-state index contributed by atoms with van der Waals surface area (Å²) in [6.07, 6.45) is 0. The zero-order valence-electron chi connectivity index (χ0n) is 10.2. The van der Waals surface area contributed by atoms with E-state index >= 15 is 0 Å². The Bertz CT molecular complexity index is 857. The second-order valence-electron chi connectivity index (χ2n) is 4.18. The molecular formula is C13H10ClN3O2S. The molecule has 0 saturated carbocycles. The van der Waals surface area contributed by atoms with Crippen molar-refractivity contribution in [3.8, 4) is 0 Å². The SMILES string of the molecule is O=S(=O)(Nc1n[nH]c2ccccc12)c1ccc(Cl)cc1. The van der Waals surface area contributed by atoms with Crippen LogP contribution in [0.25, 0.3) is 10.9 Å². The van der Waals surface area contributed by atoms with Gasteiger partial charge in [-0.05, 0) is 36.4 Å². The van der Waals surface area contributed by atoms with E-state index in [1.807, 2.05) is 18.2 Å². The lowest BCUT2D eigenvalue weighted by atomic mass is 10.2. The Balaban J connectivity index is 1.99. The molecule has 2 aromatic carbocycles. The number of aromatic nitrogens is 2. The standard InChI is InChI=1S/C13H10ClN3O2S/c14-9-5-7-10(8-6-9)20(18,19)17-13-11-3-1-2-4-12(11)15-16-13/h1-8H,(H2,15,16,17). The van der Waals surface area contributed by atoms with E-state index in [1.54, 1.807) is 6.07 Å². The topological polar surface area (TPSA) is 74.8 Å². The van der Waals surface area contributed by atoms with Crippen LogP contribution in [0.3, 0.4) is 0 Å². The Morgan fingerprint density at radius 1 is 1.05 bits per heavy atom. The fourth-order valence-electron chi connectivity index (χ4n) is 1.84. The molecule has 20 heavy (non-hydrogen) atoms. The van der Waals surface area contributed by atoms with Gasteiger partial charge in [0.1, 0.15) is 0 Å². The van der Waals surface area contributed by atoms with Crippen molar-refractivity contribution in [2.75, 3.05) is 4.72 Å². The lowest BCUT2D eigenvalue weighted by molar-refractivity contribution is 0.601. The zero-order valence-corrected chi connectivity index (χ0v) is 11.7. The van der Waals surface area contributed by atoms with Crippen LogP contribution < -0.4 is 4.72 Å². The molecule has 0 amide bonds. The quantitative estimate of drug-likeness (QED) is 0.781. The molecule has 0 bridgehead atoms. The van der Waals surface area contributed by atoms with E-state index in [4.69, 9.17) is 11.6 Å². The number of aromatic amines is 1. The number of fused-ring (bicyclic) bond motifs is 1. The molecule has 7 heteroatoms. The molecule has 0 radical (unpaired) electrons. The first-order valence-corrected chi connectivity index (χ1v) is 7.64.